The Balaban J connectivity index is 0.000000423. The Hall–Kier alpha value is -1.23. The third-order valence-electron chi connectivity index (χ3n) is 1.17. The molecular weight excluding hydrogens is 207 g/mol. The molecule has 0 bridgehead atoms. The molecule has 0 spiro atoms. The molecule has 0 aliphatic heterocycles. The zero-order chi connectivity index (χ0) is 12.1. The van der Waals surface area contributed by atoms with Gasteiger partial charge in [-0.15, -0.1) is 0 Å². The SMILES string of the molecule is CN(C)C.Oc1cccc(C(F)(F)F)c1. The van der Waals surface area contributed by atoms with Crippen LogP contribution in [0.4, 0.5) is 13.2 Å². The topological polar surface area (TPSA) is 23.5 Å². The number of hydrogen-bond donors (Lipinski definition) is 1. The largest absolute Gasteiger partial charge is 0.508 e. The van der Waals surface area contributed by atoms with E-state index < -0.39 is 11.7 Å². The highest BCUT2D eigenvalue weighted by molar-refractivity contribution is 5.28. The van der Waals surface area contributed by atoms with E-state index in [0.717, 1.165) is 12.1 Å². The Morgan fingerprint density at radius 2 is 1.60 bits per heavy atom. The van der Waals surface area contributed by atoms with Crippen molar-refractivity contribution < 1.29 is 18.3 Å². The van der Waals surface area contributed by atoms with E-state index in [9.17, 15) is 13.2 Å². The fourth-order valence-electron chi connectivity index (χ4n) is 0.682. The quantitative estimate of drug-likeness (QED) is 0.727. The molecule has 0 amide bonds. The van der Waals surface area contributed by atoms with Crippen molar-refractivity contribution in [2.45, 2.75) is 6.18 Å². The molecule has 0 unspecified atom stereocenters. The number of aromatic hydroxyl groups is 1. The van der Waals surface area contributed by atoms with E-state index >= 15 is 0 Å². The predicted molar refractivity (Wildman–Crippen MR) is 52.7 cm³/mol. The standard InChI is InChI=1S/C7H5F3O.C3H9N/c8-7(9,10)5-2-1-3-6(11)4-5;1-4(2)3/h1-4,11H;1-3H3. The Morgan fingerprint density at radius 1 is 1.13 bits per heavy atom. The summed E-state index contributed by atoms with van der Waals surface area (Å²) < 4.78 is 35.6. The van der Waals surface area contributed by atoms with Gasteiger partial charge in [0, 0.05) is 0 Å². The monoisotopic (exact) mass is 221 g/mol. The summed E-state index contributed by atoms with van der Waals surface area (Å²) in [7, 11) is 6.00. The average molecular weight is 221 g/mol. The Labute approximate surface area is 86.9 Å². The average Bonchev–Trinajstić information content (AvgIpc) is 2.01. The molecule has 1 N–H and O–H groups in total. The van der Waals surface area contributed by atoms with Gasteiger partial charge in [0.05, 0.1) is 5.56 Å². The van der Waals surface area contributed by atoms with Crippen molar-refractivity contribution in [2.75, 3.05) is 21.1 Å². The lowest BCUT2D eigenvalue weighted by Crippen LogP contribution is -2.03. The molecular formula is C10H14F3NO. The summed E-state index contributed by atoms with van der Waals surface area (Å²) in [4.78, 5) is 2.00. The molecule has 0 aliphatic carbocycles. The summed E-state index contributed by atoms with van der Waals surface area (Å²) in [5, 5.41) is 8.68. The Morgan fingerprint density at radius 3 is 1.87 bits per heavy atom. The first-order valence-electron chi connectivity index (χ1n) is 4.20. The molecule has 0 saturated carbocycles. The van der Waals surface area contributed by atoms with Crippen molar-refractivity contribution in [1.82, 2.24) is 4.90 Å². The van der Waals surface area contributed by atoms with Gasteiger partial charge < -0.3 is 10.0 Å². The van der Waals surface area contributed by atoms with Gasteiger partial charge >= 0.3 is 6.18 Å². The van der Waals surface area contributed by atoms with Gasteiger partial charge in [0.2, 0.25) is 0 Å². The number of alkyl halides is 3. The number of nitrogens with zero attached hydrogens (tertiary/aromatic N) is 1. The predicted octanol–water partition coefficient (Wildman–Crippen LogP) is 2.59. The van der Waals surface area contributed by atoms with E-state index in [1.54, 1.807) is 0 Å². The van der Waals surface area contributed by atoms with Crippen LogP contribution in [-0.4, -0.2) is 31.1 Å². The van der Waals surface area contributed by atoms with Crippen LogP contribution in [0.5, 0.6) is 5.75 Å². The van der Waals surface area contributed by atoms with Gasteiger partial charge in [-0.05, 0) is 39.3 Å². The van der Waals surface area contributed by atoms with E-state index in [-0.39, 0.29) is 5.75 Å². The lowest BCUT2D eigenvalue weighted by Gasteiger charge is -2.05. The molecule has 86 valence electrons. The maximum Gasteiger partial charge on any atom is 0.416 e. The third-order valence-corrected chi connectivity index (χ3v) is 1.17. The molecule has 0 aliphatic rings. The zero-order valence-electron chi connectivity index (χ0n) is 8.84. The number of benzene rings is 1. The highest BCUT2D eigenvalue weighted by atomic mass is 19.4. The second kappa shape index (κ2) is 5.60. The zero-order valence-corrected chi connectivity index (χ0v) is 8.84. The van der Waals surface area contributed by atoms with Crippen LogP contribution in [0.2, 0.25) is 0 Å². The van der Waals surface area contributed by atoms with Crippen molar-refractivity contribution in [1.29, 1.82) is 0 Å². The smallest absolute Gasteiger partial charge is 0.416 e. The summed E-state index contributed by atoms with van der Waals surface area (Å²) >= 11 is 0. The Kier molecular flexibility index (Phi) is 5.14. The molecule has 0 fully saturated rings. The lowest BCUT2D eigenvalue weighted by molar-refractivity contribution is -0.137. The lowest BCUT2D eigenvalue weighted by atomic mass is 10.2. The van der Waals surface area contributed by atoms with Gasteiger partial charge in [-0.3, -0.25) is 0 Å². The summed E-state index contributed by atoms with van der Waals surface area (Å²) in [5.41, 5.74) is -0.836. The van der Waals surface area contributed by atoms with E-state index in [1.807, 2.05) is 26.0 Å². The van der Waals surface area contributed by atoms with Gasteiger partial charge in [-0.1, -0.05) is 6.07 Å². The molecule has 1 aromatic rings. The maximum absolute atomic E-state index is 11.9. The van der Waals surface area contributed by atoms with Crippen LogP contribution in [0.25, 0.3) is 0 Å². The van der Waals surface area contributed by atoms with E-state index in [2.05, 4.69) is 0 Å². The van der Waals surface area contributed by atoms with Crippen LogP contribution >= 0.6 is 0 Å². The van der Waals surface area contributed by atoms with Gasteiger partial charge in [0.15, 0.2) is 0 Å². The summed E-state index contributed by atoms with van der Waals surface area (Å²) in [6, 6.07) is 3.92. The Bertz CT molecular complexity index is 294. The van der Waals surface area contributed by atoms with E-state index in [4.69, 9.17) is 5.11 Å². The molecule has 0 saturated heterocycles. The summed E-state index contributed by atoms with van der Waals surface area (Å²) in [5.74, 6) is -0.375. The molecule has 0 heterocycles. The van der Waals surface area contributed by atoms with E-state index in [0.29, 0.717) is 6.07 Å². The third kappa shape index (κ3) is 6.79. The minimum Gasteiger partial charge on any atom is -0.508 e. The minimum absolute atomic E-state index is 0.375. The molecule has 0 aromatic heterocycles. The van der Waals surface area contributed by atoms with E-state index in [1.165, 1.54) is 6.07 Å². The van der Waals surface area contributed by atoms with Gasteiger partial charge in [0.1, 0.15) is 5.75 Å². The van der Waals surface area contributed by atoms with Crippen molar-refractivity contribution in [3.05, 3.63) is 29.8 Å². The second-order valence-electron chi connectivity index (χ2n) is 3.39. The summed E-state index contributed by atoms with van der Waals surface area (Å²) in [6.07, 6.45) is -4.38. The fourth-order valence-corrected chi connectivity index (χ4v) is 0.682. The van der Waals surface area contributed by atoms with Crippen LogP contribution < -0.4 is 0 Å². The highest BCUT2D eigenvalue weighted by Crippen LogP contribution is 2.30. The van der Waals surface area contributed by atoms with Crippen LogP contribution in [0, 0.1) is 0 Å². The fraction of sp³-hybridized carbons (Fsp3) is 0.400. The van der Waals surface area contributed by atoms with Gasteiger partial charge in [0.25, 0.3) is 0 Å². The summed E-state index contributed by atoms with van der Waals surface area (Å²) in [6.45, 7) is 0. The van der Waals surface area contributed by atoms with Crippen molar-refractivity contribution in [3.8, 4) is 5.75 Å². The maximum atomic E-state index is 11.9. The number of hydrogen-bond acceptors (Lipinski definition) is 2. The van der Waals surface area contributed by atoms with Crippen molar-refractivity contribution in [3.63, 3.8) is 0 Å². The first-order valence-corrected chi connectivity index (χ1v) is 4.20. The van der Waals surface area contributed by atoms with Crippen LogP contribution in [0.15, 0.2) is 24.3 Å². The van der Waals surface area contributed by atoms with Crippen LogP contribution in [0.3, 0.4) is 0 Å². The van der Waals surface area contributed by atoms with Crippen molar-refractivity contribution in [2.24, 2.45) is 0 Å². The molecule has 2 nitrogen and oxygen atoms in total. The molecule has 1 aromatic carbocycles. The molecule has 5 heteroatoms. The number of phenols is 1. The van der Waals surface area contributed by atoms with Gasteiger partial charge in [-0.25, -0.2) is 0 Å². The normalized spacial score (nSPS) is 10.9. The first-order chi connectivity index (χ1) is 6.73. The molecule has 0 radical (unpaired) electrons. The molecule has 1 rings (SSSR count). The second-order valence-corrected chi connectivity index (χ2v) is 3.39. The molecule has 0 atom stereocenters. The minimum atomic E-state index is -4.38. The number of halogens is 3. The van der Waals surface area contributed by atoms with Crippen molar-refractivity contribution >= 4 is 0 Å². The van der Waals surface area contributed by atoms with Crippen LogP contribution in [0.1, 0.15) is 5.56 Å². The molecule has 15 heavy (non-hydrogen) atoms. The van der Waals surface area contributed by atoms with Gasteiger partial charge in [-0.2, -0.15) is 13.2 Å². The first kappa shape index (κ1) is 13.8. The van der Waals surface area contributed by atoms with Crippen LogP contribution in [-0.2, 0) is 6.18 Å². The highest BCUT2D eigenvalue weighted by Gasteiger charge is 2.30. The number of rotatable bonds is 0. The number of phenolic OH excluding ortho intramolecular Hbond substituents is 1.